The summed E-state index contributed by atoms with van der Waals surface area (Å²) in [5.41, 5.74) is 13.3. The molecule has 2 saturated heterocycles. The second-order valence-corrected chi connectivity index (χ2v) is 16.6. The van der Waals surface area contributed by atoms with E-state index in [-0.39, 0.29) is 59.8 Å². The molecule has 316 valence electrons. The molecule has 3 aliphatic heterocycles. The molecule has 0 aromatic carbocycles. The van der Waals surface area contributed by atoms with Gasteiger partial charge < -0.3 is 40.9 Å². The number of aromatic nitrogens is 2. The molecule has 60 heavy (non-hydrogen) atoms. The van der Waals surface area contributed by atoms with Crippen LogP contribution in [0, 0.1) is 49.9 Å². The molecule has 0 radical (unpaired) electrons. The third-order valence-corrected chi connectivity index (χ3v) is 12.6. The Balaban J connectivity index is 0.00000683. The molecule has 10 heteroatoms. The van der Waals surface area contributed by atoms with Crippen LogP contribution in [0.15, 0.2) is 70.8 Å². The van der Waals surface area contributed by atoms with E-state index in [0.717, 1.165) is 82.0 Å². The Kier molecular flexibility index (Phi) is 15.4. The third kappa shape index (κ3) is 9.51. The normalized spacial score (nSPS) is 26.5. The fourth-order valence-corrected chi connectivity index (χ4v) is 9.04. The van der Waals surface area contributed by atoms with Gasteiger partial charge in [-0.25, -0.2) is 24.5 Å². The van der Waals surface area contributed by atoms with Gasteiger partial charge in [-0.1, -0.05) is 105 Å². The van der Waals surface area contributed by atoms with Crippen molar-refractivity contribution in [1.82, 2.24) is 9.97 Å². The largest absolute Gasteiger partial charge is 2.00 e. The maximum absolute atomic E-state index is 13.6. The number of aliphatic hydroxyl groups is 1. The summed E-state index contributed by atoms with van der Waals surface area (Å²) < 4.78 is 11.1. The van der Waals surface area contributed by atoms with Crippen LogP contribution in [-0.4, -0.2) is 59.9 Å². The Hall–Kier alpha value is -4.51. The number of hydrogen-bond acceptors (Lipinski definition) is 5. The molecular weight excluding hydrogens is 761 g/mol. The van der Waals surface area contributed by atoms with Crippen LogP contribution in [-0.2, 0) is 19.1 Å². The van der Waals surface area contributed by atoms with Gasteiger partial charge in [-0.05, 0) is 76.9 Å². The van der Waals surface area contributed by atoms with Gasteiger partial charge in [-0.2, -0.15) is 28.7 Å². The first-order valence-corrected chi connectivity index (χ1v) is 21.0. The zero-order valence-electron chi connectivity index (χ0n) is 37.0. The van der Waals surface area contributed by atoms with Crippen molar-refractivity contribution in [1.29, 1.82) is 0 Å². The maximum Gasteiger partial charge on any atom is 2.00 e. The van der Waals surface area contributed by atoms with E-state index in [1.807, 2.05) is 58.1 Å². The van der Waals surface area contributed by atoms with Crippen LogP contribution in [0.5, 0.6) is 0 Å². The van der Waals surface area contributed by atoms with E-state index in [1.165, 1.54) is 18.3 Å². The van der Waals surface area contributed by atoms with Crippen LogP contribution < -0.4 is 9.97 Å². The average molecular weight is 821 g/mol. The number of carbonyl (C=O) groups excluding carboxylic acids is 2. The molecule has 2 aromatic rings. The number of rotatable bonds is 14. The van der Waals surface area contributed by atoms with E-state index in [1.54, 1.807) is 0 Å². The summed E-state index contributed by atoms with van der Waals surface area (Å²) >= 11 is 0. The number of hydrogen-bond donors (Lipinski definition) is 1. The van der Waals surface area contributed by atoms with Gasteiger partial charge in [-0.3, -0.25) is 9.59 Å². The average Bonchev–Trinajstić information content (AvgIpc) is 3.94. The molecule has 1 N–H and O–H groups in total. The zero-order valence-corrected chi connectivity index (χ0v) is 38.4. The molecule has 0 spiro atoms. The topological polar surface area (TPSA) is 129 Å². The third-order valence-electron chi connectivity index (χ3n) is 12.6. The first-order valence-electron chi connectivity index (χ1n) is 21.0. The molecule has 1 aliphatic carbocycles. The van der Waals surface area contributed by atoms with E-state index in [4.69, 9.17) is 30.1 Å². The summed E-state index contributed by atoms with van der Waals surface area (Å²) in [6.45, 7) is 24.7. The smallest absolute Gasteiger partial charge is 0.695 e. The summed E-state index contributed by atoms with van der Waals surface area (Å²) in [6.07, 6.45) is 19.7. The van der Waals surface area contributed by atoms with E-state index >= 15 is 0 Å². The van der Waals surface area contributed by atoms with Crippen LogP contribution in [0.25, 0.3) is 34.9 Å². The van der Waals surface area contributed by atoms with Crippen molar-refractivity contribution < 1.29 is 24.2 Å². The number of carbonyl (C=O) groups is 2. The van der Waals surface area contributed by atoms with E-state index in [2.05, 4.69) is 59.4 Å². The second-order valence-electron chi connectivity index (χ2n) is 16.6. The van der Waals surface area contributed by atoms with Crippen LogP contribution >= 0.6 is 0 Å². The molecule has 6 atom stereocenters. The molecule has 6 rings (SSSR count). The summed E-state index contributed by atoms with van der Waals surface area (Å²) in [5, 5.41) is 22.4. The first-order chi connectivity index (χ1) is 28.2. The van der Waals surface area contributed by atoms with Crippen LogP contribution in [0.2, 0.25) is 0 Å². The molecule has 0 amide bonds. The van der Waals surface area contributed by atoms with E-state index < -0.39 is 24.0 Å². The fourth-order valence-electron chi connectivity index (χ4n) is 9.04. The van der Waals surface area contributed by atoms with Crippen LogP contribution in [0.4, 0.5) is 0 Å². The Morgan fingerprint density at radius 1 is 0.967 bits per heavy atom. The molecule has 0 saturated carbocycles. The predicted molar refractivity (Wildman–Crippen MR) is 243 cm³/mol. The Morgan fingerprint density at radius 3 is 2.35 bits per heavy atom. The summed E-state index contributed by atoms with van der Waals surface area (Å²) in [4.78, 5) is 37.2. The summed E-state index contributed by atoms with van der Waals surface area (Å²) in [6, 6.07) is -0.563. The Bertz CT molecular complexity index is 2180. The van der Waals surface area contributed by atoms with Gasteiger partial charge in [0.25, 0.3) is 5.97 Å². The van der Waals surface area contributed by atoms with E-state index in [0.29, 0.717) is 29.3 Å². The van der Waals surface area contributed by atoms with Crippen molar-refractivity contribution >= 4 is 59.3 Å². The summed E-state index contributed by atoms with van der Waals surface area (Å²) in [5.74, 6) is -1.54. The van der Waals surface area contributed by atoms with Crippen molar-refractivity contribution in [3.05, 3.63) is 139 Å². The number of ether oxygens (including phenoxy) is 2. The molecule has 9 nitrogen and oxygen atoms in total. The van der Waals surface area contributed by atoms with Gasteiger partial charge in [-0.15, -0.1) is 22.6 Å². The number of methoxy groups -OCH3 is 1. The minimum Gasteiger partial charge on any atom is -0.695 e. The Morgan fingerprint density at radius 2 is 1.67 bits per heavy atom. The molecule has 1 unspecified atom stereocenters. The number of esters is 2. The molecule has 5 heterocycles. The number of allylic oxidation sites excluding steroid dienone is 8. The monoisotopic (exact) mass is 820 g/mol. The quantitative estimate of drug-likeness (QED) is 0.0869. The summed E-state index contributed by atoms with van der Waals surface area (Å²) in [7, 11) is 1.34. The van der Waals surface area contributed by atoms with Crippen molar-refractivity contribution in [2.24, 2.45) is 23.7 Å². The van der Waals surface area contributed by atoms with Gasteiger partial charge in [0, 0.05) is 18.4 Å². The minimum atomic E-state index is -1.17. The van der Waals surface area contributed by atoms with Gasteiger partial charge >= 0.3 is 29.0 Å². The standard InChI is InChI=1S/C50H60N4O5.Mg/c1-12-34-30(7)37-24-39-32(9)36(20-21-43(55)59-23-22-29(6)19-15-18-28(5)17-14-16-27(3)4)47(53-39)45-46(50(57)58-11)49(56)44-33(10)40(54-48(44)45)26-42-35(13-2)31(8)38(52-42)25-41(34)51-37;/h12-13,16,18,22,24-26,31-32,36,46-47,49,56H,1,3,14-15,17,19-21,23H2,2,4-11H3;/q-6;+2/b28-18+,29-22+,35-13+,38-25-,39-24-,42-26-;/t31-,32+,36+,46-,47?,49-;/m1./s1. The van der Waals surface area contributed by atoms with E-state index in [9.17, 15) is 14.7 Å². The first kappa shape index (κ1) is 46.6. The number of nitrogens with zero attached hydrogens (tertiary/aromatic N) is 4. The van der Waals surface area contributed by atoms with Gasteiger partial charge in [0.1, 0.15) is 6.61 Å². The number of fused-ring (bicyclic) bond motifs is 8. The second kappa shape index (κ2) is 19.9. The van der Waals surface area contributed by atoms with Gasteiger partial charge in [0.2, 0.25) is 0 Å². The molecular formula is C50H60MgN4O5-4. The molecule has 2 fully saturated rings. The minimum absolute atomic E-state index is 0. The number of aliphatic hydroxyl groups excluding tert-OH is 1. The molecule has 4 aliphatic rings. The predicted octanol–water partition coefficient (Wildman–Crippen LogP) is 10.5. The van der Waals surface area contributed by atoms with Crippen molar-refractivity contribution in [2.75, 3.05) is 13.7 Å². The SMILES string of the molecule is C=Cc1c2[n-]c(c1C)/C=C1\[N-]C([C-]3c4[n-]c(c(C)c4[C@@H](O)[C@@H]3C(=O)OC)/C=C3\[N-]/C(=C\2)[C@H](C)\C3=C/C)[C@@H](CCC(=O)OC/C=C(\C)CC/C=C(\C)CC[CH-]C(=C)C)[C@@H]1C.[Mg+2]. The fraction of sp³-hybridized carbons (Fsp3) is 0.440. The molecule has 2 aromatic heterocycles. The molecule has 8 bridgehead atoms. The van der Waals surface area contributed by atoms with Gasteiger partial charge in [0.15, 0.2) is 0 Å². The van der Waals surface area contributed by atoms with Crippen molar-refractivity contribution in [3.8, 4) is 0 Å². The van der Waals surface area contributed by atoms with Crippen LogP contribution in [0.1, 0.15) is 131 Å². The van der Waals surface area contributed by atoms with Crippen LogP contribution in [0.3, 0.4) is 0 Å². The maximum atomic E-state index is 13.6. The zero-order chi connectivity index (χ0) is 42.7. The van der Waals surface area contributed by atoms with Crippen molar-refractivity contribution in [3.63, 3.8) is 0 Å². The van der Waals surface area contributed by atoms with Gasteiger partial charge in [0.05, 0.1) is 7.11 Å². The Labute approximate surface area is 373 Å². The van der Waals surface area contributed by atoms with Crippen molar-refractivity contribution in [2.45, 2.75) is 106 Å².